The Morgan fingerprint density at radius 2 is 1.85 bits per heavy atom. The highest BCUT2D eigenvalue weighted by atomic mass is 19.4. The van der Waals surface area contributed by atoms with Crippen molar-refractivity contribution in [3.63, 3.8) is 0 Å². The summed E-state index contributed by atoms with van der Waals surface area (Å²) in [6, 6.07) is 1.86. The molecule has 0 saturated heterocycles. The molecule has 0 radical (unpaired) electrons. The van der Waals surface area contributed by atoms with Gasteiger partial charge < -0.3 is 5.32 Å². The SMILES string of the molecule is CC1(NC(=O)c2cc(C(F)(F)F)ccc2F)CCCC1. The Balaban J connectivity index is 2.25. The van der Waals surface area contributed by atoms with Crippen molar-refractivity contribution >= 4 is 5.91 Å². The number of benzene rings is 1. The average Bonchev–Trinajstić information content (AvgIpc) is 2.74. The van der Waals surface area contributed by atoms with Gasteiger partial charge in [0.15, 0.2) is 0 Å². The highest BCUT2D eigenvalue weighted by Crippen LogP contribution is 2.32. The van der Waals surface area contributed by atoms with Crippen LogP contribution in [0, 0.1) is 5.82 Å². The van der Waals surface area contributed by atoms with E-state index in [1.165, 1.54) is 0 Å². The molecule has 1 aliphatic rings. The van der Waals surface area contributed by atoms with Gasteiger partial charge >= 0.3 is 6.18 Å². The Labute approximate surface area is 114 Å². The minimum atomic E-state index is -4.60. The molecule has 0 aliphatic heterocycles. The predicted molar refractivity (Wildman–Crippen MR) is 65.7 cm³/mol. The van der Waals surface area contributed by atoms with Gasteiger partial charge in [-0.25, -0.2) is 4.39 Å². The smallest absolute Gasteiger partial charge is 0.347 e. The molecule has 2 rings (SSSR count). The van der Waals surface area contributed by atoms with Crippen molar-refractivity contribution in [3.8, 4) is 0 Å². The van der Waals surface area contributed by atoms with E-state index in [2.05, 4.69) is 5.32 Å². The molecule has 0 bridgehead atoms. The lowest BCUT2D eigenvalue weighted by Gasteiger charge is -2.25. The third kappa shape index (κ3) is 3.11. The molecule has 0 atom stereocenters. The van der Waals surface area contributed by atoms with Gasteiger partial charge in [0.2, 0.25) is 0 Å². The van der Waals surface area contributed by atoms with Crippen LogP contribution in [0.25, 0.3) is 0 Å². The van der Waals surface area contributed by atoms with Crippen molar-refractivity contribution < 1.29 is 22.4 Å². The second-order valence-electron chi connectivity index (χ2n) is 5.41. The number of hydrogen-bond acceptors (Lipinski definition) is 1. The van der Waals surface area contributed by atoms with Gasteiger partial charge in [-0.05, 0) is 38.0 Å². The molecular formula is C14H15F4NO. The first kappa shape index (κ1) is 14.8. The van der Waals surface area contributed by atoms with Crippen LogP contribution in [0.15, 0.2) is 18.2 Å². The van der Waals surface area contributed by atoms with Gasteiger partial charge in [0.25, 0.3) is 5.91 Å². The first-order chi connectivity index (χ1) is 9.21. The van der Waals surface area contributed by atoms with Gasteiger partial charge in [0.05, 0.1) is 11.1 Å². The maximum atomic E-state index is 13.6. The molecule has 0 unspecified atom stereocenters. The summed E-state index contributed by atoms with van der Waals surface area (Å²) in [5.41, 5.74) is -2.05. The molecule has 1 N–H and O–H groups in total. The molecule has 6 heteroatoms. The highest BCUT2D eigenvalue weighted by molar-refractivity contribution is 5.95. The summed E-state index contributed by atoms with van der Waals surface area (Å²) in [6.45, 7) is 1.82. The van der Waals surface area contributed by atoms with Crippen LogP contribution >= 0.6 is 0 Å². The minimum absolute atomic E-state index is 0.461. The molecule has 20 heavy (non-hydrogen) atoms. The molecule has 1 saturated carbocycles. The number of halogens is 4. The van der Waals surface area contributed by atoms with E-state index in [0.29, 0.717) is 18.2 Å². The molecule has 1 aliphatic carbocycles. The number of carbonyl (C=O) groups is 1. The topological polar surface area (TPSA) is 29.1 Å². The Kier molecular flexibility index (Phi) is 3.75. The molecule has 1 amide bonds. The van der Waals surface area contributed by atoms with Crippen molar-refractivity contribution in [1.29, 1.82) is 0 Å². The van der Waals surface area contributed by atoms with E-state index in [0.717, 1.165) is 25.7 Å². The number of nitrogens with one attached hydrogen (secondary N) is 1. The Bertz CT molecular complexity index is 518. The van der Waals surface area contributed by atoms with E-state index in [-0.39, 0.29) is 0 Å². The van der Waals surface area contributed by atoms with Crippen LogP contribution < -0.4 is 5.32 Å². The van der Waals surface area contributed by atoms with Crippen LogP contribution in [0.5, 0.6) is 0 Å². The average molecular weight is 289 g/mol. The van der Waals surface area contributed by atoms with Crippen LogP contribution in [0.1, 0.15) is 48.5 Å². The fourth-order valence-electron chi connectivity index (χ4n) is 2.50. The number of rotatable bonds is 2. The van der Waals surface area contributed by atoms with E-state index in [4.69, 9.17) is 0 Å². The van der Waals surface area contributed by atoms with Crippen molar-refractivity contribution in [1.82, 2.24) is 5.32 Å². The molecular weight excluding hydrogens is 274 g/mol. The number of hydrogen-bond donors (Lipinski definition) is 1. The number of amides is 1. The van der Waals surface area contributed by atoms with Gasteiger partial charge in [-0.3, -0.25) is 4.79 Å². The lowest BCUT2D eigenvalue weighted by Crippen LogP contribution is -2.43. The van der Waals surface area contributed by atoms with Gasteiger partial charge in [0.1, 0.15) is 5.82 Å². The van der Waals surface area contributed by atoms with Crippen molar-refractivity contribution in [2.75, 3.05) is 0 Å². The normalized spacial score (nSPS) is 18.1. The lowest BCUT2D eigenvalue weighted by molar-refractivity contribution is -0.137. The first-order valence-corrected chi connectivity index (χ1v) is 6.41. The summed E-state index contributed by atoms with van der Waals surface area (Å²) in [5, 5.41) is 2.64. The van der Waals surface area contributed by atoms with E-state index >= 15 is 0 Å². The third-order valence-electron chi connectivity index (χ3n) is 3.66. The van der Waals surface area contributed by atoms with Crippen molar-refractivity contribution in [2.45, 2.75) is 44.3 Å². The minimum Gasteiger partial charge on any atom is -0.347 e. The summed E-state index contributed by atoms with van der Waals surface area (Å²) < 4.78 is 51.3. The van der Waals surface area contributed by atoms with Gasteiger partial charge in [-0.1, -0.05) is 12.8 Å². The van der Waals surface area contributed by atoms with Crippen LogP contribution in [0.2, 0.25) is 0 Å². The molecule has 1 aromatic rings. The maximum absolute atomic E-state index is 13.6. The fraction of sp³-hybridized carbons (Fsp3) is 0.500. The summed E-state index contributed by atoms with van der Waals surface area (Å²) >= 11 is 0. The van der Waals surface area contributed by atoms with Gasteiger partial charge in [-0.2, -0.15) is 13.2 Å². The zero-order valence-corrected chi connectivity index (χ0v) is 11.0. The molecule has 0 spiro atoms. The van der Waals surface area contributed by atoms with E-state index in [1.807, 2.05) is 6.92 Å². The number of carbonyl (C=O) groups excluding carboxylic acids is 1. The van der Waals surface area contributed by atoms with Crippen LogP contribution in [0.3, 0.4) is 0 Å². The molecule has 110 valence electrons. The summed E-state index contributed by atoms with van der Waals surface area (Å²) in [7, 11) is 0. The van der Waals surface area contributed by atoms with E-state index in [9.17, 15) is 22.4 Å². The summed E-state index contributed by atoms with van der Waals surface area (Å²) in [5.74, 6) is -1.74. The van der Waals surface area contributed by atoms with E-state index in [1.54, 1.807) is 0 Å². The Morgan fingerprint density at radius 3 is 2.40 bits per heavy atom. The first-order valence-electron chi connectivity index (χ1n) is 6.41. The Morgan fingerprint density at radius 1 is 1.25 bits per heavy atom. The summed E-state index contributed by atoms with van der Waals surface area (Å²) in [6.07, 6.45) is -1.21. The maximum Gasteiger partial charge on any atom is 0.416 e. The zero-order valence-electron chi connectivity index (χ0n) is 11.0. The van der Waals surface area contributed by atoms with E-state index < -0.39 is 34.6 Å². The molecule has 0 heterocycles. The van der Waals surface area contributed by atoms with Crippen LogP contribution in [-0.2, 0) is 6.18 Å². The second kappa shape index (κ2) is 5.07. The van der Waals surface area contributed by atoms with Gasteiger partial charge in [0, 0.05) is 5.54 Å². The molecule has 1 fully saturated rings. The van der Waals surface area contributed by atoms with Crippen LogP contribution in [-0.4, -0.2) is 11.4 Å². The quantitative estimate of drug-likeness (QED) is 0.822. The fourth-order valence-corrected chi connectivity index (χ4v) is 2.50. The molecule has 0 aromatic heterocycles. The monoisotopic (exact) mass is 289 g/mol. The largest absolute Gasteiger partial charge is 0.416 e. The number of alkyl halides is 3. The van der Waals surface area contributed by atoms with Crippen molar-refractivity contribution in [2.24, 2.45) is 0 Å². The Hall–Kier alpha value is -1.59. The zero-order chi connectivity index (χ0) is 15.0. The lowest BCUT2D eigenvalue weighted by atomic mass is 9.99. The third-order valence-corrected chi connectivity index (χ3v) is 3.66. The van der Waals surface area contributed by atoms with Gasteiger partial charge in [-0.15, -0.1) is 0 Å². The summed E-state index contributed by atoms with van der Waals surface area (Å²) in [4.78, 5) is 12.0. The second-order valence-corrected chi connectivity index (χ2v) is 5.41. The van der Waals surface area contributed by atoms with Crippen molar-refractivity contribution in [3.05, 3.63) is 35.1 Å². The van der Waals surface area contributed by atoms with Crippen LogP contribution in [0.4, 0.5) is 17.6 Å². The standard InChI is InChI=1S/C14H15F4NO/c1-13(6-2-3-7-13)19-12(20)10-8-9(14(16,17)18)4-5-11(10)15/h4-5,8H,2-3,6-7H2,1H3,(H,19,20). The predicted octanol–water partition coefficient (Wildman–Crippen LogP) is 3.91. The molecule has 1 aromatic carbocycles. The highest BCUT2D eigenvalue weighted by Gasteiger charge is 2.34. The molecule has 2 nitrogen and oxygen atoms in total.